The van der Waals surface area contributed by atoms with Crippen LogP contribution in [-0.4, -0.2) is 41.5 Å². The summed E-state index contributed by atoms with van der Waals surface area (Å²) >= 11 is 6.40. The number of hydrogen-bond acceptors (Lipinski definition) is 3. The molecule has 1 heterocycles. The van der Waals surface area contributed by atoms with E-state index in [0.29, 0.717) is 12.1 Å². The summed E-state index contributed by atoms with van der Waals surface area (Å²) < 4.78 is 0. The van der Waals surface area contributed by atoms with Gasteiger partial charge < -0.3 is 10.6 Å². The molecule has 2 aliphatic rings. The lowest BCUT2D eigenvalue weighted by Crippen LogP contribution is -2.45. The van der Waals surface area contributed by atoms with E-state index in [9.17, 15) is 4.79 Å². The van der Waals surface area contributed by atoms with Crippen LogP contribution in [0.5, 0.6) is 0 Å². The summed E-state index contributed by atoms with van der Waals surface area (Å²) in [5.74, 6) is 0.143. The van der Waals surface area contributed by atoms with Crippen LogP contribution in [0.4, 0.5) is 0 Å². The Morgan fingerprint density at radius 1 is 1.11 bits per heavy atom. The van der Waals surface area contributed by atoms with E-state index in [1.807, 2.05) is 32.0 Å². The van der Waals surface area contributed by atoms with Crippen molar-refractivity contribution < 1.29 is 4.79 Å². The Labute approximate surface area is 175 Å². The zero-order valence-electron chi connectivity index (χ0n) is 17.4. The Morgan fingerprint density at radius 3 is 2.46 bits per heavy atom. The van der Waals surface area contributed by atoms with Crippen molar-refractivity contribution in [3.8, 4) is 0 Å². The van der Waals surface area contributed by atoms with Crippen LogP contribution in [0.15, 0.2) is 24.3 Å². The molecule has 1 aromatic rings. The van der Waals surface area contributed by atoms with Crippen LogP contribution >= 0.6 is 11.6 Å². The number of hydrogen-bond donors (Lipinski definition) is 2. The van der Waals surface area contributed by atoms with Crippen molar-refractivity contribution >= 4 is 17.5 Å². The Morgan fingerprint density at radius 2 is 1.79 bits per heavy atom. The van der Waals surface area contributed by atoms with Crippen LogP contribution in [0.25, 0.3) is 0 Å². The van der Waals surface area contributed by atoms with Crippen LogP contribution in [0.2, 0.25) is 5.02 Å². The highest BCUT2D eigenvalue weighted by molar-refractivity contribution is 6.31. The van der Waals surface area contributed by atoms with Crippen LogP contribution in [0.1, 0.15) is 70.8 Å². The van der Waals surface area contributed by atoms with E-state index in [0.717, 1.165) is 30.1 Å². The van der Waals surface area contributed by atoms with Gasteiger partial charge in [-0.25, -0.2) is 0 Å². The van der Waals surface area contributed by atoms with Crippen molar-refractivity contribution in [3.05, 3.63) is 34.9 Å². The predicted octanol–water partition coefficient (Wildman–Crippen LogP) is 4.51. The molecule has 0 unspecified atom stereocenters. The SMILES string of the molecule is CC(C)NC(=O)[C@@H]1C[C@@H](NC2CCCCCCC2)CN1Cc1ccccc1Cl. The van der Waals surface area contributed by atoms with Crippen molar-refractivity contribution in [3.63, 3.8) is 0 Å². The lowest BCUT2D eigenvalue weighted by atomic mass is 9.96. The van der Waals surface area contributed by atoms with Crippen LogP contribution in [0, 0.1) is 0 Å². The number of nitrogens with zero attached hydrogens (tertiary/aromatic N) is 1. The minimum atomic E-state index is -0.0928. The summed E-state index contributed by atoms with van der Waals surface area (Å²) in [7, 11) is 0. The van der Waals surface area contributed by atoms with E-state index in [1.165, 1.54) is 44.9 Å². The number of nitrogens with one attached hydrogen (secondary N) is 2. The third kappa shape index (κ3) is 6.20. The van der Waals surface area contributed by atoms with Crippen molar-refractivity contribution in [2.24, 2.45) is 0 Å². The largest absolute Gasteiger partial charge is 0.353 e. The monoisotopic (exact) mass is 405 g/mol. The molecule has 0 spiro atoms. The Kier molecular flexibility index (Phi) is 8.19. The van der Waals surface area contributed by atoms with Crippen molar-refractivity contribution in [2.75, 3.05) is 6.54 Å². The number of carbonyl (C=O) groups excluding carboxylic acids is 1. The predicted molar refractivity (Wildman–Crippen MR) is 117 cm³/mol. The van der Waals surface area contributed by atoms with Gasteiger partial charge in [0.2, 0.25) is 5.91 Å². The Balaban J connectivity index is 1.66. The topological polar surface area (TPSA) is 44.4 Å². The van der Waals surface area contributed by atoms with Crippen LogP contribution < -0.4 is 10.6 Å². The Bertz CT molecular complexity index is 628. The molecule has 2 N–H and O–H groups in total. The maximum Gasteiger partial charge on any atom is 0.237 e. The highest BCUT2D eigenvalue weighted by Crippen LogP contribution is 2.26. The number of carbonyl (C=O) groups is 1. The van der Waals surface area contributed by atoms with Gasteiger partial charge in [-0.1, -0.05) is 61.9 Å². The molecule has 1 saturated carbocycles. The fourth-order valence-electron chi connectivity index (χ4n) is 4.65. The summed E-state index contributed by atoms with van der Waals surface area (Å²) in [6.07, 6.45) is 10.2. The minimum Gasteiger partial charge on any atom is -0.353 e. The lowest BCUT2D eigenvalue weighted by molar-refractivity contribution is -0.126. The molecule has 0 bridgehead atoms. The van der Waals surface area contributed by atoms with E-state index >= 15 is 0 Å². The van der Waals surface area contributed by atoms with E-state index in [4.69, 9.17) is 11.6 Å². The second-order valence-electron chi connectivity index (χ2n) is 8.84. The summed E-state index contributed by atoms with van der Waals surface area (Å²) in [6.45, 7) is 5.67. The van der Waals surface area contributed by atoms with Gasteiger partial charge in [-0.3, -0.25) is 9.69 Å². The van der Waals surface area contributed by atoms with Crippen molar-refractivity contribution in [1.82, 2.24) is 15.5 Å². The Hall–Kier alpha value is -1.10. The number of benzene rings is 1. The van der Waals surface area contributed by atoms with E-state index in [2.05, 4.69) is 21.6 Å². The highest BCUT2D eigenvalue weighted by atomic mass is 35.5. The fraction of sp³-hybridized carbons (Fsp3) is 0.696. The molecule has 3 rings (SSSR count). The standard InChI is InChI=1S/C23H36ClN3O/c1-17(2)25-23(28)22-14-20(26-19-11-6-4-3-5-7-12-19)16-27(22)15-18-10-8-9-13-21(18)24/h8-10,13,17,19-20,22,26H,3-7,11-12,14-16H2,1-2H3,(H,25,28)/t20-,22+/m1/s1. The third-order valence-corrected chi connectivity index (χ3v) is 6.41. The molecule has 156 valence electrons. The number of amides is 1. The second-order valence-corrected chi connectivity index (χ2v) is 9.25. The number of rotatable bonds is 6. The molecule has 2 atom stereocenters. The summed E-state index contributed by atoms with van der Waals surface area (Å²) in [5.41, 5.74) is 1.10. The molecule has 1 aliphatic heterocycles. The summed E-state index contributed by atoms with van der Waals surface area (Å²) in [6, 6.07) is 9.00. The van der Waals surface area contributed by atoms with Gasteiger partial charge in [0.1, 0.15) is 0 Å². The van der Waals surface area contributed by atoms with Gasteiger partial charge in [-0.2, -0.15) is 0 Å². The molecule has 5 heteroatoms. The number of likely N-dealkylation sites (tertiary alicyclic amines) is 1. The molecule has 0 aromatic heterocycles. The number of halogens is 1. The van der Waals surface area contributed by atoms with Crippen LogP contribution in [-0.2, 0) is 11.3 Å². The van der Waals surface area contributed by atoms with E-state index < -0.39 is 0 Å². The molecular weight excluding hydrogens is 370 g/mol. The second kappa shape index (κ2) is 10.6. The first kappa shape index (κ1) is 21.6. The molecule has 1 saturated heterocycles. The van der Waals surface area contributed by atoms with Gasteiger partial charge in [0.05, 0.1) is 6.04 Å². The molecule has 0 radical (unpaired) electrons. The first-order valence-corrected chi connectivity index (χ1v) is 11.4. The summed E-state index contributed by atoms with van der Waals surface area (Å²) in [5, 5.41) is 7.80. The third-order valence-electron chi connectivity index (χ3n) is 6.04. The molecule has 2 fully saturated rings. The quantitative estimate of drug-likeness (QED) is 0.731. The molecule has 1 aliphatic carbocycles. The molecule has 1 amide bonds. The van der Waals surface area contributed by atoms with E-state index in [-0.39, 0.29) is 18.0 Å². The lowest BCUT2D eigenvalue weighted by Gasteiger charge is -2.25. The van der Waals surface area contributed by atoms with Gasteiger partial charge in [0.25, 0.3) is 0 Å². The van der Waals surface area contributed by atoms with Gasteiger partial charge in [0, 0.05) is 36.2 Å². The van der Waals surface area contributed by atoms with E-state index in [1.54, 1.807) is 0 Å². The molecule has 28 heavy (non-hydrogen) atoms. The average molecular weight is 406 g/mol. The first-order valence-electron chi connectivity index (χ1n) is 11.1. The van der Waals surface area contributed by atoms with Gasteiger partial charge >= 0.3 is 0 Å². The maximum absolute atomic E-state index is 12.9. The highest BCUT2D eigenvalue weighted by Gasteiger charge is 2.37. The minimum absolute atomic E-state index is 0.0928. The summed E-state index contributed by atoms with van der Waals surface area (Å²) in [4.78, 5) is 15.2. The van der Waals surface area contributed by atoms with Crippen molar-refractivity contribution in [1.29, 1.82) is 0 Å². The van der Waals surface area contributed by atoms with Crippen molar-refractivity contribution in [2.45, 2.75) is 95.9 Å². The smallest absolute Gasteiger partial charge is 0.237 e. The van der Waals surface area contributed by atoms with Crippen LogP contribution in [0.3, 0.4) is 0 Å². The van der Waals surface area contributed by atoms with Gasteiger partial charge in [-0.05, 0) is 44.7 Å². The maximum atomic E-state index is 12.9. The zero-order valence-corrected chi connectivity index (χ0v) is 18.2. The van der Waals surface area contributed by atoms with Gasteiger partial charge in [0.15, 0.2) is 0 Å². The first-order chi connectivity index (χ1) is 13.5. The average Bonchev–Trinajstić information content (AvgIpc) is 3.01. The zero-order chi connectivity index (χ0) is 19.9. The fourth-order valence-corrected chi connectivity index (χ4v) is 4.85. The molecule has 4 nitrogen and oxygen atoms in total. The molecule has 1 aromatic carbocycles. The normalized spacial score (nSPS) is 24.9. The molecular formula is C23H36ClN3O. The van der Waals surface area contributed by atoms with Gasteiger partial charge in [-0.15, -0.1) is 0 Å².